The van der Waals surface area contributed by atoms with Crippen LogP contribution in [0.1, 0.15) is 49.7 Å². The average molecular weight is 551 g/mol. The Morgan fingerprint density at radius 2 is 2.08 bits per heavy atom. The molecule has 3 saturated heterocycles. The van der Waals surface area contributed by atoms with Gasteiger partial charge >= 0.3 is 0 Å². The van der Waals surface area contributed by atoms with Gasteiger partial charge in [-0.3, -0.25) is 20.3 Å². The second-order valence-electron chi connectivity index (χ2n) is 12.8. The van der Waals surface area contributed by atoms with Crippen LogP contribution >= 0.6 is 0 Å². The zero-order chi connectivity index (χ0) is 27.9. The third-order valence-electron chi connectivity index (χ3n) is 10.4. The lowest BCUT2D eigenvalue weighted by Gasteiger charge is -2.55. The summed E-state index contributed by atoms with van der Waals surface area (Å²) in [7, 11) is 2.17. The van der Waals surface area contributed by atoms with Gasteiger partial charge in [0.15, 0.2) is 6.35 Å². The Morgan fingerprint density at radius 3 is 2.85 bits per heavy atom. The Bertz CT molecular complexity index is 1160. The van der Waals surface area contributed by atoms with Gasteiger partial charge in [-0.25, -0.2) is 4.39 Å². The van der Waals surface area contributed by atoms with Gasteiger partial charge < -0.3 is 14.5 Å². The van der Waals surface area contributed by atoms with Crippen molar-refractivity contribution >= 4 is 5.91 Å². The number of carbonyl (C=O) groups excluding carboxylic acids is 1. The Morgan fingerprint density at radius 1 is 1.23 bits per heavy atom. The monoisotopic (exact) mass is 550 g/mol. The lowest BCUT2D eigenvalue weighted by molar-refractivity contribution is -0.137. The average Bonchev–Trinajstić information content (AvgIpc) is 3.52. The number of hydrogen-bond donors (Lipinski definition) is 2. The van der Waals surface area contributed by atoms with Gasteiger partial charge in [0, 0.05) is 37.6 Å². The van der Waals surface area contributed by atoms with Gasteiger partial charge in [0.2, 0.25) is 5.91 Å². The fourth-order valence-corrected chi connectivity index (χ4v) is 8.29. The molecule has 1 aromatic carbocycles. The van der Waals surface area contributed by atoms with E-state index in [2.05, 4.69) is 40.1 Å². The van der Waals surface area contributed by atoms with Crippen molar-refractivity contribution in [1.29, 1.82) is 5.26 Å². The highest BCUT2D eigenvalue weighted by atomic mass is 19.1. The quantitative estimate of drug-likeness (QED) is 0.527. The summed E-state index contributed by atoms with van der Waals surface area (Å²) in [6.45, 7) is 7.45. The normalized spacial score (nSPS) is 36.3. The van der Waals surface area contributed by atoms with Crippen molar-refractivity contribution in [2.45, 2.75) is 82.0 Å². The second-order valence-corrected chi connectivity index (χ2v) is 12.8. The molecule has 2 aliphatic carbocycles. The van der Waals surface area contributed by atoms with Crippen LogP contribution in [0, 0.1) is 28.5 Å². The minimum Gasteiger partial charge on any atom is -0.348 e. The zero-order valence-electron chi connectivity index (χ0n) is 23.7. The van der Waals surface area contributed by atoms with Crippen LogP contribution in [-0.2, 0) is 22.4 Å². The topological polar surface area (TPSA) is 83.9 Å². The van der Waals surface area contributed by atoms with E-state index in [9.17, 15) is 14.4 Å². The van der Waals surface area contributed by atoms with E-state index in [1.165, 1.54) is 23.6 Å². The number of likely N-dealkylation sites (N-methyl/N-ethyl adjacent to an activating group) is 1. The van der Waals surface area contributed by atoms with Gasteiger partial charge in [-0.2, -0.15) is 5.26 Å². The predicted octanol–water partition coefficient (Wildman–Crippen LogP) is 2.61. The largest absolute Gasteiger partial charge is 0.348 e. The molecular weight excluding hydrogens is 507 g/mol. The Labute approximate surface area is 237 Å². The van der Waals surface area contributed by atoms with Crippen LogP contribution in [0.4, 0.5) is 4.39 Å². The summed E-state index contributed by atoms with van der Waals surface area (Å²) in [5, 5.41) is 17.2. The number of likely N-dealkylation sites (tertiary alicyclic amines) is 1. The van der Waals surface area contributed by atoms with Gasteiger partial charge in [0.25, 0.3) is 0 Å². The molecule has 7 atom stereocenters. The first-order valence-corrected chi connectivity index (χ1v) is 15.0. The van der Waals surface area contributed by atoms with E-state index >= 15 is 0 Å². The summed E-state index contributed by atoms with van der Waals surface area (Å²) in [4.78, 5) is 19.2. The molecule has 8 nitrogen and oxygen atoms in total. The van der Waals surface area contributed by atoms with E-state index in [1.54, 1.807) is 17.0 Å². The van der Waals surface area contributed by atoms with E-state index in [4.69, 9.17) is 4.74 Å². The fourth-order valence-electron chi connectivity index (χ4n) is 8.29. The summed E-state index contributed by atoms with van der Waals surface area (Å²) < 4.78 is 20.5. The van der Waals surface area contributed by atoms with Gasteiger partial charge in [-0.1, -0.05) is 12.6 Å². The van der Waals surface area contributed by atoms with Crippen molar-refractivity contribution in [3.63, 3.8) is 0 Å². The molecule has 1 spiro atoms. The molecule has 9 heteroatoms. The van der Waals surface area contributed by atoms with Crippen LogP contribution in [0.25, 0.3) is 0 Å². The number of hydrogen-bond acceptors (Lipinski definition) is 7. The molecule has 0 aromatic heterocycles. The molecule has 1 amide bonds. The van der Waals surface area contributed by atoms with Gasteiger partial charge in [0.1, 0.15) is 5.82 Å². The first kappa shape index (κ1) is 27.8. The van der Waals surface area contributed by atoms with Crippen LogP contribution in [0.3, 0.4) is 0 Å². The molecule has 0 radical (unpaired) electrons. The van der Waals surface area contributed by atoms with Gasteiger partial charge in [-0.15, -0.1) is 0 Å². The fraction of sp³-hybridized carbons (Fsp3) is 0.677. The number of fused-ring (bicyclic) bond motifs is 2. The number of benzene rings is 1. The molecule has 2 N–H and O–H groups in total. The molecule has 5 aliphatic rings. The Kier molecular flexibility index (Phi) is 7.99. The molecule has 3 heterocycles. The van der Waals surface area contributed by atoms with Crippen molar-refractivity contribution < 1.29 is 13.9 Å². The first-order valence-electron chi connectivity index (χ1n) is 15.0. The number of rotatable bonds is 6. The molecule has 4 fully saturated rings. The summed E-state index contributed by atoms with van der Waals surface area (Å²) >= 11 is 0. The van der Waals surface area contributed by atoms with Crippen molar-refractivity contribution in [2.75, 3.05) is 39.8 Å². The number of nitrogens with zero attached hydrogens (tertiary/aromatic N) is 4. The summed E-state index contributed by atoms with van der Waals surface area (Å²) in [6.07, 6.45) is 9.02. The Hall–Kier alpha value is -2.35. The number of nitrogens with one attached hydrogen (secondary N) is 2. The molecule has 6 rings (SSSR count). The molecule has 1 saturated carbocycles. The van der Waals surface area contributed by atoms with E-state index in [1.807, 2.05) is 6.07 Å². The van der Waals surface area contributed by atoms with Crippen molar-refractivity contribution in [3.8, 4) is 6.07 Å². The van der Waals surface area contributed by atoms with Crippen LogP contribution in [-0.4, -0.2) is 91.1 Å². The van der Waals surface area contributed by atoms with Crippen LogP contribution in [0.15, 0.2) is 30.9 Å². The van der Waals surface area contributed by atoms with Gasteiger partial charge in [0.05, 0.1) is 31.3 Å². The lowest BCUT2D eigenvalue weighted by Crippen LogP contribution is -2.72. The maximum atomic E-state index is 14.0. The highest BCUT2D eigenvalue weighted by Crippen LogP contribution is 2.50. The smallest absolute Gasteiger partial charge is 0.246 e. The minimum absolute atomic E-state index is 0.0957. The summed E-state index contributed by atoms with van der Waals surface area (Å²) in [5.74, 6) is 0.134. The second kappa shape index (κ2) is 11.5. The van der Waals surface area contributed by atoms with E-state index in [-0.39, 0.29) is 41.7 Å². The third kappa shape index (κ3) is 5.45. The molecule has 3 aliphatic heterocycles. The third-order valence-corrected chi connectivity index (χ3v) is 10.4. The lowest BCUT2D eigenvalue weighted by atomic mass is 9.65. The van der Waals surface area contributed by atoms with Crippen molar-refractivity contribution in [2.24, 2.45) is 11.3 Å². The zero-order valence-corrected chi connectivity index (χ0v) is 23.7. The molecule has 216 valence electrons. The van der Waals surface area contributed by atoms with Crippen LogP contribution < -0.4 is 10.6 Å². The summed E-state index contributed by atoms with van der Waals surface area (Å²) in [6, 6.07) is 8.16. The molecule has 1 aromatic rings. The van der Waals surface area contributed by atoms with Crippen molar-refractivity contribution in [3.05, 3.63) is 47.8 Å². The first-order chi connectivity index (χ1) is 19.4. The molecule has 0 bridgehead atoms. The maximum Gasteiger partial charge on any atom is 0.246 e. The highest BCUT2D eigenvalue weighted by molar-refractivity contribution is 5.87. The number of ether oxygens (including phenoxy) is 1. The number of piperazine rings is 1. The SMILES string of the molecule is C=CC(=O)N1CCN(C2NC(OCC3CCCN3C)NC3C[C@]4(CCC32)Cc2ccc(F)cc2C4)CC1CC#N. The van der Waals surface area contributed by atoms with Crippen molar-refractivity contribution in [1.82, 2.24) is 25.3 Å². The van der Waals surface area contributed by atoms with Crippen LogP contribution in [0.5, 0.6) is 0 Å². The predicted molar refractivity (Wildman–Crippen MR) is 150 cm³/mol. The van der Waals surface area contributed by atoms with E-state index in [0.29, 0.717) is 38.1 Å². The summed E-state index contributed by atoms with van der Waals surface area (Å²) in [5.41, 5.74) is 2.62. The standard InChI is InChI=1S/C31H43FN6O2/c1-3-28(39)38-14-13-37(19-24(38)9-11-33)29-26-8-10-31(16-21-6-7-23(32)15-22(21)17-31)18-27(26)34-30(35-29)40-20-25-5-4-12-36(25)2/h3,6-7,15,24-27,29-30,34-35H,1,4-5,8-10,12-14,16-20H2,2H3/t24?,25?,26?,27?,29?,30?,31-/m1/s1. The van der Waals surface area contributed by atoms with Gasteiger partial charge in [-0.05, 0) is 93.3 Å². The Balaban J connectivity index is 1.20. The minimum atomic E-state index is -0.265. The van der Waals surface area contributed by atoms with Crippen LogP contribution in [0.2, 0.25) is 0 Å². The van der Waals surface area contributed by atoms with E-state index < -0.39 is 0 Å². The van der Waals surface area contributed by atoms with E-state index in [0.717, 1.165) is 51.6 Å². The maximum absolute atomic E-state index is 14.0. The number of carbonyl (C=O) groups is 1. The highest BCUT2D eigenvalue weighted by Gasteiger charge is 2.51. The molecular formula is C31H43FN6O2. The molecule has 40 heavy (non-hydrogen) atoms. The number of amides is 1. The number of nitriles is 1. The molecule has 6 unspecified atom stereocenters. The number of halogens is 1.